The molecule has 0 aromatic heterocycles. The quantitative estimate of drug-likeness (QED) is 0.237. The van der Waals surface area contributed by atoms with E-state index in [1.54, 1.807) is 6.92 Å². The second kappa shape index (κ2) is 6.83. The summed E-state index contributed by atoms with van der Waals surface area (Å²) >= 11 is 0. The molecule has 7 nitrogen and oxygen atoms in total. The maximum absolute atomic E-state index is 11.8. The first-order valence-electron chi connectivity index (χ1n) is 5.96. The van der Waals surface area contributed by atoms with Gasteiger partial charge in [0.15, 0.2) is 0 Å². The molecular weight excluding hydrogens is 268 g/mol. The summed E-state index contributed by atoms with van der Waals surface area (Å²) in [5, 5.41) is 0. The SMILES string of the molecule is COC(=O)C1C=CC(C(=O)OC)C(C(=O)OC=O)C1C. The Kier molecular flexibility index (Phi) is 5.42. The van der Waals surface area contributed by atoms with Crippen molar-refractivity contribution >= 4 is 24.4 Å². The third-order valence-corrected chi connectivity index (χ3v) is 3.43. The Hall–Kier alpha value is -2.18. The monoisotopic (exact) mass is 284 g/mol. The van der Waals surface area contributed by atoms with E-state index in [1.807, 2.05) is 0 Å². The summed E-state index contributed by atoms with van der Waals surface area (Å²) < 4.78 is 13.6. The summed E-state index contributed by atoms with van der Waals surface area (Å²) in [7, 11) is 2.42. The largest absolute Gasteiger partial charge is 0.469 e. The molecule has 0 saturated heterocycles. The van der Waals surface area contributed by atoms with Crippen LogP contribution in [-0.2, 0) is 33.4 Å². The van der Waals surface area contributed by atoms with Crippen molar-refractivity contribution in [1.29, 1.82) is 0 Å². The number of carbonyl (C=O) groups excluding carboxylic acids is 4. The van der Waals surface area contributed by atoms with Crippen molar-refractivity contribution in [3.8, 4) is 0 Å². The van der Waals surface area contributed by atoms with E-state index in [1.165, 1.54) is 26.4 Å². The zero-order valence-corrected chi connectivity index (χ0v) is 11.4. The molecule has 1 aliphatic rings. The molecule has 0 aromatic carbocycles. The molecule has 0 fully saturated rings. The molecule has 110 valence electrons. The molecular formula is C13H16O7. The lowest BCUT2D eigenvalue weighted by molar-refractivity contribution is -0.165. The smallest absolute Gasteiger partial charge is 0.317 e. The van der Waals surface area contributed by atoms with Crippen molar-refractivity contribution in [3.05, 3.63) is 12.2 Å². The topological polar surface area (TPSA) is 96.0 Å². The molecule has 1 aliphatic carbocycles. The number of ether oxygens (including phenoxy) is 3. The average Bonchev–Trinajstić information content (AvgIpc) is 2.45. The van der Waals surface area contributed by atoms with Gasteiger partial charge in [-0.2, -0.15) is 0 Å². The van der Waals surface area contributed by atoms with Gasteiger partial charge in [-0.15, -0.1) is 0 Å². The lowest BCUT2D eigenvalue weighted by Gasteiger charge is -2.32. The maximum Gasteiger partial charge on any atom is 0.317 e. The lowest BCUT2D eigenvalue weighted by atomic mass is 9.71. The van der Waals surface area contributed by atoms with Crippen molar-refractivity contribution in [3.63, 3.8) is 0 Å². The van der Waals surface area contributed by atoms with E-state index < -0.39 is 41.6 Å². The van der Waals surface area contributed by atoms with E-state index in [4.69, 9.17) is 0 Å². The molecule has 0 aliphatic heterocycles. The zero-order chi connectivity index (χ0) is 15.3. The van der Waals surface area contributed by atoms with E-state index in [9.17, 15) is 19.2 Å². The highest BCUT2D eigenvalue weighted by molar-refractivity contribution is 5.88. The van der Waals surface area contributed by atoms with Gasteiger partial charge in [-0.1, -0.05) is 19.1 Å². The standard InChI is InChI=1S/C13H16O7/c1-7-8(11(15)18-2)4-5-9(12(16)19-3)10(7)13(17)20-6-14/h4-10H,1-3H3. The highest BCUT2D eigenvalue weighted by atomic mass is 16.6. The van der Waals surface area contributed by atoms with Gasteiger partial charge in [0.1, 0.15) is 0 Å². The number of rotatable bonds is 4. The fraction of sp³-hybridized carbons (Fsp3) is 0.538. The third kappa shape index (κ3) is 3.04. The molecule has 0 bridgehead atoms. The van der Waals surface area contributed by atoms with Crippen LogP contribution in [0.25, 0.3) is 0 Å². The fourth-order valence-electron chi connectivity index (χ4n) is 2.36. The van der Waals surface area contributed by atoms with Gasteiger partial charge in [-0.25, -0.2) is 0 Å². The normalized spacial score (nSPS) is 28.4. The predicted molar refractivity (Wildman–Crippen MR) is 65.0 cm³/mol. The fourth-order valence-corrected chi connectivity index (χ4v) is 2.36. The van der Waals surface area contributed by atoms with Gasteiger partial charge in [-0.3, -0.25) is 19.2 Å². The number of esters is 3. The first kappa shape index (κ1) is 15.9. The molecule has 7 heteroatoms. The van der Waals surface area contributed by atoms with Gasteiger partial charge in [-0.05, 0) is 5.92 Å². The van der Waals surface area contributed by atoms with Crippen molar-refractivity contribution in [2.24, 2.45) is 23.7 Å². The average molecular weight is 284 g/mol. The van der Waals surface area contributed by atoms with Crippen LogP contribution in [0.4, 0.5) is 0 Å². The minimum absolute atomic E-state index is 0.00510. The first-order valence-corrected chi connectivity index (χ1v) is 5.96. The second-order valence-electron chi connectivity index (χ2n) is 4.40. The lowest BCUT2D eigenvalue weighted by Crippen LogP contribution is -2.42. The van der Waals surface area contributed by atoms with Crippen LogP contribution in [-0.4, -0.2) is 38.6 Å². The molecule has 0 heterocycles. The minimum atomic E-state index is -0.984. The highest BCUT2D eigenvalue weighted by Gasteiger charge is 2.45. The maximum atomic E-state index is 11.8. The van der Waals surface area contributed by atoms with Crippen LogP contribution in [0.5, 0.6) is 0 Å². The van der Waals surface area contributed by atoms with Crippen molar-refractivity contribution in [2.45, 2.75) is 6.92 Å². The van der Waals surface area contributed by atoms with Gasteiger partial charge < -0.3 is 14.2 Å². The molecule has 20 heavy (non-hydrogen) atoms. The Morgan fingerprint density at radius 1 is 0.950 bits per heavy atom. The van der Waals surface area contributed by atoms with Gasteiger partial charge in [0.2, 0.25) is 0 Å². The van der Waals surface area contributed by atoms with Crippen LogP contribution >= 0.6 is 0 Å². The van der Waals surface area contributed by atoms with Crippen molar-refractivity contribution in [2.75, 3.05) is 14.2 Å². The summed E-state index contributed by atoms with van der Waals surface area (Å²) in [4.78, 5) is 45.5. The Bertz CT molecular complexity index is 440. The Morgan fingerprint density at radius 2 is 1.45 bits per heavy atom. The molecule has 0 radical (unpaired) electrons. The van der Waals surface area contributed by atoms with E-state index >= 15 is 0 Å². The molecule has 4 unspecified atom stereocenters. The molecule has 4 atom stereocenters. The van der Waals surface area contributed by atoms with E-state index in [0.29, 0.717) is 0 Å². The van der Waals surface area contributed by atoms with Crippen LogP contribution in [0.2, 0.25) is 0 Å². The van der Waals surface area contributed by atoms with Crippen LogP contribution < -0.4 is 0 Å². The Labute approximate surface area is 115 Å². The zero-order valence-electron chi connectivity index (χ0n) is 11.4. The van der Waals surface area contributed by atoms with Crippen molar-refractivity contribution in [1.82, 2.24) is 0 Å². The number of methoxy groups -OCH3 is 2. The van der Waals surface area contributed by atoms with E-state index in [0.717, 1.165) is 0 Å². The van der Waals surface area contributed by atoms with Gasteiger partial charge in [0, 0.05) is 0 Å². The summed E-state index contributed by atoms with van der Waals surface area (Å²) in [6, 6.07) is 0. The molecule has 1 rings (SSSR count). The van der Waals surface area contributed by atoms with Crippen molar-refractivity contribution < 1.29 is 33.4 Å². The Morgan fingerprint density at radius 3 is 1.95 bits per heavy atom. The molecule has 0 aromatic rings. The molecule has 0 N–H and O–H groups in total. The van der Waals surface area contributed by atoms with Gasteiger partial charge >= 0.3 is 24.4 Å². The third-order valence-electron chi connectivity index (χ3n) is 3.43. The van der Waals surface area contributed by atoms with E-state index in [-0.39, 0.29) is 6.47 Å². The highest BCUT2D eigenvalue weighted by Crippen LogP contribution is 2.36. The van der Waals surface area contributed by atoms with E-state index in [2.05, 4.69) is 14.2 Å². The first-order chi connectivity index (χ1) is 9.47. The van der Waals surface area contributed by atoms with Crippen LogP contribution in [0.1, 0.15) is 6.92 Å². The summed E-state index contributed by atoms with van der Waals surface area (Å²) in [5.74, 6) is -5.18. The summed E-state index contributed by atoms with van der Waals surface area (Å²) in [5.41, 5.74) is 0. The van der Waals surface area contributed by atoms with Crippen LogP contribution in [0.3, 0.4) is 0 Å². The second-order valence-corrected chi connectivity index (χ2v) is 4.40. The number of hydrogen-bond acceptors (Lipinski definition) is 7. The molecule has 0 spiro atoms. The summed E-state index contributed by atoms with van der Waals surface area (Å²) in [6.07, 6.45) is 2.91. The van der Waals surface area contributed by atoms with Gasteiger partial charge in [0.05, 0.1) is 32.0 Å². The van der Waals surface area contributed by atoms with Crippen LogP contribution in [0, 0.1) is 23.7 Å². The van der Waals surface area contributed by atoms with Gasteiger partial charge in [0.25, 0.3) is 0 Å². The van der Waals surface area contributed by atoms with Crippen LogP contribution in [0.15, 0.2) is 12.2 Å². The minimum Gasteiger partial charge on any atom is -0.469 e. The Balaban J connectivity index is 3.12. The molecule has 0 saturated carbocycles. The molecule has 0 amide bonds. The summed E-state index contributed by atoms with van der Waals surface area (Å²) in [6.45, 7) is 1.60. The predicted octanol–water partition coefficient (Wildman–Crippen LogP) is 0.0865. The number of carbonyl (C=O) groups is 4. The number of hydrogen-bond donors (Lipinski definition) is 0.